The predicted octanol–water partition coefficient (Wildman–Crippen LogP) is 3.33. The molecule has 3 rings (SSSR count). The molecular formula is C18H24ClFN2O3S. The SMILES string of the molecule is O=C(N[C@H]1CCCN(S(=O)(=O)c2ccc(F)c(Cl)c2)C1)C1CCCCC1. The highest BCUT2D eigenvalue weighted by Crippen LogP contribution is 2.26. The summed E-state index contributed by atoms with van der Waals surface area (Å²) in [4.78, 5) is 12.4. The highest BCUT2D eigenvalue weighted by atomic mass is 35.5. The number of nitrogens with zero attached hydrogens (tertiary/aromatic N) is 1. The third-order valence-corrected chi connectivity index (χ3v) is 7.39. The van der Waals surface area contributed by atoms with Gasteiger partial charge >= 0.3 is 0 Å². The largest absolute Gasteiger partial charge is 0.352 e. The van der Waals surface area contributed by atoms with E-state index in [0.29, 0.717) is 13.0 Å². The summed E-state index contributed by atoms with van der Waals surface area (Å²) in [7, 11) is -3.76. The van der Waals surface area contributed by atoms with Crippen molar-refractivity contribution in [1.82, 2.24) is 9.62 Å². The minimum Gasteiger partial charge on any atom is -0.352 e. The molecular weight excluding hydrogens is 379 g/mol. The van der Waals surface area contributed by atoms with Crippen LogP contribution in [0, 0.1) is 11.7 Å². The van der Waals surface area contributed by atoms with E-state index in [-0.39, 0.29) is 34.3 Å². The maximum absolute atomic E-state index is 13.3. The van der Waals surface area contributed by atoms with Crippen molar-refractivity contribution in [2.75, 3.05) is 13.1 Å². The number of carbonyl (C=O) groups is 1. The average molecular weight is 403 g/mol. The summed E-state index contributed by atoms with van der Waals surface area (Å²) in [5.41, 5.74) is 0. The van der Waals surface area contributed by atoms with Gasteiger partial charge in [-0.3, -0.25) is 4.79 Å². The Morgan fingerprint density at radius 3 is 2.58 bits per heavy atom. The Morgan fingerprint density at radius 2 is 1.88 bits per heavy atom. The van der Waals surface area contributed by atoms with E-state index < -0.39 is 15.8 Å². The van der Waals surface area contributed by atoms with E-state index in [1.165, 1.54) is 16.8 Å². The zero-order valence-corrected chi connectivity index (χ0v) is 16.2. The first-order valence-corrected chi connectivity index (χ1v) is 11.0. The Labute approximate surface area is 158 Å². The van der Waals surface area contributed by atoms with Gasteiger partial charge in [0.05, 0.1) is 9.92 Å². The highest BCUT2D eigenvalue weighted by Gasteiger charge is 2.32. The molecule has 1 amide bonds. The second-order valence-corrected chi connectivity index (χ2v) is 9.47. The molecule has 1 aromatic rings. The molecule has 0 unspecified atom stereocenters. The quantitative estimate of drug-likeness (QED) is 0.840. The van der Waals surface area contributed by atoms with Gasteiger partial charge in [-0.1, -0.05) is 30.9 Å². The van der Waals surface area contributed by atoms with Crippen LogP contribution in [0.1, 0.15) is 44.9 Å². The second-order valence-electron chi connectivity index (χ2n) is 7.12. The summed E-state index contributed by atoms with van der Waals surface area (Å²) in [6.07, 6.45) is 6.59. The second kappa shape index (κ2) is 8.23. The lowest BCUT2D eigenvalue weighted by Gasteiger charge is -2.33. The zero-order valence-electron chi connectivity index (χ0n) is 14.6. The van der Waals surface area contributed by atoms with Crippen LogP contribution in [0.5, 0.6) is 0 Å². The number of amides is 1. The average Bonchev–Trinajstić information content (AvgIpc) is 2.65. The first kappa shape index (κ1) is 19.6. The summed E-state index contributed by atoms with van der Waals surface area (Å²) in [6, 6.07) is 3.22. The third kappa shape index (κ3) is 4.38. The number of sulfonamides is 1. The molecule has 2 fully saturated rings. The number of rotatable bonds is 4. The van der Waals surface area contributed by atoms with Gasteiger partial charge in [0, 0.05) is 25.0 Å². The summed E-state index contributed by atoms with van der Waals surface area (Å²) in [6.45, 7) is 0.614. The Kier molecular flexibility index (Phi) is 6.20. The van der Waals surface area contributed by atoms with E-state index >= 15 is 0 Å². The molecule has 0 radical (unpaired) electrons. The highest BCUT2D eigenvalue weighted by molar-refractivity contribution is 7.89. The number of carbonyl (C=O) groups excluding carboxylic acids is 1. The van der Waals surface area contributed by atoms with Crippen LogP contribution >= 0.6 is 11.6 Å². The molecule has 1 aliphatic heterocycles. The van der Waals surface area contributed by atoms with E-state index in [1.807, 2.05) is 0 Å². The van der Waals surface area contributed by atoms with Gasteiger partial charge in [0.15, 0.2) is 0 Å². The molecule has 1 aliphatic carbocycles. The van der Waals surface area contributed by atoms with Gasteiger partial charge in [-0.15, -0.1) is 0 Å². The molecule has 1 N–H and O–H groups in total. The van der Waals surface area contributed by atoms with Gasteiger partial charge in [-0.2, -0.15) is 4.31 Å². The fourth-order valence-electron chi connectivity index (χ4n) is 3.75. The number of benzene rings is 1. The van der Waals surface area contributed by atoms with Crippen LogP contribution < -0.4 is 5.32 Å². The molecule has 1 aromatic carbocycles. The van der Waals surface area contributed by atoms with Crippen LogP contribution in [0.3, 0.4) is 0 Å². The zero-order chi connectivity index (χ0) is 18.7. The Balaban J connectivity index is 1.67. The van der Waals surface area contributed by atoms with Gasteiger partial charge in [0.25, 0.3) is 0 Å². The molecule has 0 bridgehead atoms. The van der Waals surface area contributed by atoms with Gasteiger partial charge in [-0.05, 0) is 43.9 Å². The number of hydrogen-bond donors (Lipinski definition) is 1. The number of halogens is 2. The van der Waals surface area contributed by atoms with Crippen molar-refractivity contribution in [1.29, 1.82) is 0 Å². The summed E-state index contributed by atoms with van der Waals surface area (Å²) < 4.78 is 40.3. The number of hydrogen-bond acceptors (Lipinski definition) is 3. The summed E-state index contributed by atoms with van der Waals surface area (Å²) in [5, 5.41) is 2.81. The van der Waals surface area contributed by atoms with Gasteiger partial charge in [0.2, 0.25) is 15.9 Å². The maximum atomic E-state index is 13.3. The van der Waals surface area contributed by atoms with Crippen molar-refractivity contribution in [3.63, 3.8) is 0 Å². The smallest absolute Gasteiger partial charge is 0.243 e. The topological polar surface area (TPSA) is 66.5 Å². The molecule has 1 saturated heterocycles. The molecule has 2 aliphatic rings. The molecule has 5 nitrogen and oxygen atoms in total. The minimum atomic E-state index is -3.76. The maximum Gasteiger partial charge on any atom is 0.243 e. The monoisotopic (exact) mass is 402 g/mol. The van der Waals surface area contributed by atoms with E-state index in [2.05, 4.69) is 5.32 Å². The Bertz CT molecular complexity index is 766. The minimum absolute atomic E-state index is 0.0249. The van der Waals surface area contributed by atoms with Crippen molar-refractivity contribution in [3.8, 4) is 0 Å². The van der Waals surface area contributed by atoms with Crippen LogP contribution in [0.4, 0.5) is 4.39 Å². The van der Waals surface area contributed by atoms with Crippen LogP contribution in [0.2, 0.25) is 5.02 Å². The lowest BCUT2D eigenvalue weighted by atomic mass is 9.88. The fraction of sp³-hybridized carbons (Fsp3) is 0.611. The normalized spacial score (nSPS) is 22.9. The molecule has 8 heteroatoms. The third-order valence-electron chi connectivity index (χ3n) is 5.24. The standard InChI is InChI=1S/C18H24ClFN2O3S/c19-16-11-15(8-9-17(16)20)26(24,25)22-10-4-7-14(12-22)21-18(23)13-5-2-1-3-6-13/h8-9,11,13-14H,1-7,10,12H2,(H,21,23)/t14-/m0/s1. The van der Waals surface area contributed by atoms with Crippen molar-refractivity contribution in [2.24, 2.45) is 5.92 Å². The van der Waals surface area contributed by atoms with E-state index in [1.54, 1.807) is 0 Å². The van der Waals surface area contributed by atoms with Crippen LogP contribution in [0.25, 0.3) is 0 Å². The van der Waals surface area contributed by atoms with E-state index in [9.17, 15) is 17.6 Å². The molecule has 1 heterocycles. The molecule has 0 aromatic heterocycles. The first-order chi connectivity index (χ1) is 12.4. The first-order valence-electron chi connectivity index (χ1n) is 9.13. The number of piperidine rings is 1. The number of nitrogens with one attached hydrogen (secondary N) is 1. The lowest BCUT2D eigenvalue weighted by Crippen LogP contribution is -2.50. The predicted molar refractivity (Wildman–Crippen MR) is 97.9 cm³/mol. The van der Waals surface area contributed by atoms with Crippen LogP contribution in [-0.4, -0.2) is 37.8 Å². The van der Waals surface area contributed by atoms with Crippen molar-refractivity contribution in [2.45, 2.75) is 55.9 Å². The van der Waals surface area contributed by atoms with Gasteiger partial charge < -0.3 is 5.32 Å². The van der Waals surface area contributed by atoms with E-state index in [4.69, 9.17) is 11.6 Å². The summed E-state index contributed by atoms with van der Waals surface area (Å²) in [5.74, 6) is -0.563. The molecule has 1 atom stereocenters. The van der Waals surface area contributed by atoms with E-state index in [0.717, 1.165) is 44.2 Å². The van der Waals surface area contributed by atoms with Gasteiger partial charge in [0.1, 0.15) is 5.82 Å². The molecule has 0 spiro atoms. The van der Waals surface area contributed by atoms with Gasteiger partial charge in [-0.25, -0.2) is 12.8 Å². The van der Waals surface area contributed by atoms with Crippen LogP contribution in [-0.2, 0) is 14.8 Å². The fourth-order valence-corrected chi connectivity index (χ4v) is 5.54. The lowest BCUT2D eigenvalue weighted by molar-refractivity contribution is -0.126. The molecule has 26 heavy (non-hydrogen) atoms. The van der Waals surface area contributed by atoms with Crippen molar-refractivity contribution >= 4 is 27.5 Å². The molecule has 144 valence electrons. The Morgan fingerprint density at radius 1 is 1.15 bits per heavy atom. The van der Waals surface area contributed by atoms with Crippen LogP contribution in [0.15, 0.2) is 23.1 Å². The van der Waals surface area contributed by atoms with Crippen molar-refractivity contribution < 1.29 is 17.6 Å². The molecule has 1 saturated carbocycles. The van der Waals surface area contributed by atoms with Crippen molar-refractivity contribution in [3.05, 3.63) is 29.0 Å². The Hall–Kier alpha value is -1.18. The summed E-state index contributed by atoms with van der Waals surface area (Å²) >= 11 is 5.73.